The molecule has 0 saturated carbocycles. The molecule has 0 heterocycles. The molecule has 0 aromatic heterocycles. The van der Waals surface area contributed by atoms with Gasteiger partial charge in [0.05, 0.1) is 12.8 Å². The molecule has 0 aliphatic rings. The highest BCUT2D eigenvalue weighted by Crippen LogP contribution is 2.42. The van der Waals surface area contributed by atoms with E-state index >= 15 is 0 Å². The molecule has 0 unspecified atom stereocenters. The molecule has 0 aliphatic heterocycles. The van der Waals surface area contributed by atoms with Crippen LogP contribution >= 0.6 is 23.2 Å². The minimum absolute atomic E-state index is 0.243. The Hall–Kier alpha value is -2.04. The molecule has 2 aromatic carbocycles. The fourth-order valence-corrected chi connectivity index (χ4v) is 3.42. The lowest BCUT2D eigenvalue weighted by atomic mass is 9.77. The summed E-state index contributed by atoms with van der Waals surface area (Å²) < 4.78 is 0. The topological polar surface area (TPSA) is 74.6 Å². The fourth-order valence-electron chi connectivity index (χ4n) is 2.87. The second-order valence-electron chi connectivity index (χ2n) is 5.45. The third-order valence-electron chi connectivity index (χ3n) is 3.88. The number of rotatable bonds is 7. The normalized spacial score (nSPS) is 13.2. The van der Waals surface area contributed by atoms with Crippen molar-refractivity contribution in [2.45, 2.75) is 24.7 Å². The van der Waals surface area contributed by atoms with Crippen molar-refractivity contribution in [1.29, 1.82) is 0 Å². The van der Waals surface area contributed by atoms with E-state index in [0.717, 1.165) is 0 Å². The molecule has 0 bridgehead atoms. The Bertz CT molecular complexity index is 682. The van der Waals surface area contributed by atoms with Crippen molar-refractivity contribution in [1.82, 2.24) is 0 Å². The molecule has 0 spiro atoms. The van der Waals surface area contributed by atoms with Crippen LogP contribution in [0.3, 0.4) is 0 Å². The van der Waals surface area contributed by atoms with Crippen molar-refractivity contribution in [3.8, 4) is 0 Å². The predicted octanol–water partition coefficient (Wildman–Crippen LogP) is 4.81. The average molecular weight is 367 g/mol. The number of hydrogen-bond acceptors (Lipinski definition) is 2. The van der Waals surface area contributed by atoms with E-state index in [9.17, 15) is 19.8 Å². The molecule has 0 amide bonds. The number of carbonyl (C=O) groups is 2. The van der Waals surface area contributed by atoms with Crippen LogP contribution in [0.2, 0.25) is 10.0 Å². The largest absolute Gasteiger partial charge is 0.481 e. The SMILES string of the molecule is O=C(O)C[C@H](c1ccccc1Cl)[C@H](CC(=O)O)c1ccccc1Cl. The first-order chi connectivity index (χ1) is 11.4. The molecule has 0 fully saturated rings. The van der Waals surface area contributed by atoms with Gasteiger partial charge in [-0.1, -0.05) is 59.6 Å². The quantitative estimate of drug-likeness (QED) is 0.737. The number of benzene rings is 2. The highest BCUT2D eigenvalue weighted by atomic mass is 35.5. The van der Waals surface area contributed by atoms with Crippen LogP contribution in [-0.2, 0) is 9.59 Å². The maximum absolute atomic E-state index is 11.4. The Morgan fingerprint density at radius 2 is 1.08 bits per heavy atom. The Labute approximate surface area is 149 Å². The first kappa shape index (κ1) is 18.3. The maximum Gasteiger partial charge on any atom is 0.303 e. The zero-order valence-corrected chi connectivity index (χ0v) is 14.2. The summed E-state index contributed by atoms with van der Waals surface area (Å²) >= 11 is 12.5. The second-order valence-corrected chi connectivity index (χ2v) is 6.27. The summed E-state index contributed by atoms with van der Waals surface area (Å²) in [5.74, 6) is -3.26. The molecule has 0 aliphatic carbocycles. The Balaban J connectivity index is 2.57. The van der Waals surface area contributed by atoms with Gasteiger partial charge < -0.3 is 10.2 Å². The van der Waals surface area contributed by atoms with Crippen LogP contribution in [-0.4, -0.2) is 22.2 Å². The Morgan fingerprint density at radius 3 is 1.38 bits per heavy atom. The van der Waals surface area contributed by atoms with E-state index in [0.29, 0.717) is 21.2 Å². The van der Waals surface area contributed by atoms with Crippen LogP contribution in [0.5, 0.6) is 0 Å². The van der Waals surface area contributed by atoms with Crippen molar-refractivity contribution >= 4 is 35.1 Å². The molecule has 2 N–H and O–H groups in total. The van der Waals surface area contributed by atoms with E-state index in [4.69, 9.17) is 23.2 Å². The molecule has 0 saturated heterocycles. The van der Waals surface area contributed by atoms with Crippen LogP contribution in [0.15, 0.2) is 48.5 Å². The van der Waals surface area contributed by atoms with E-state index in [1.165, 1.54) is 0 Å². The van der Waals surface area contributed by atoms with Crippen molar-refractivity contribution in [2.24, 2.45) is 0 Å². The lowest BCUT2D eigenvalue weighted by molar-refractivity contribution is -0.140. The average Bonchev–Trinajstić information content (AvgIpc) is 2.52. The first-order valence-corrected chi connectivity index (χ1v) is 8.08. The van der Waals surface area contributed by atoms with Crippen molar-refractivity contribution < 1.29 is 19.8 Å². The van der Waals surface area contributed by atoms with Crippen LogP contribution in [0.25, 0.3) is 0 Å². The van der Waals surface area contributed by atoms with Gasteiger partial charge in [-0.25, -0.2) is 0 Å². The summed E-state index contributed by atoms with van der Waals surface area (Å²) in [6.07, 6.45) is -0.486. The van der Waals surface area contributed by atoms with Gasteiger partial charge in [0.15, 0.2) is 0 Å². The number of carboxylic acids is 2. The molecule has 24 heavy (non-hydrogen) atoms. The van der Waals surface area contributed by atoms with Gasteiger partial charge in [-0.15, -0.1) is 0 Å². The number of halogens is 2. The Kier molecular flexibility index (Phi) is 6.23. The second kappa shape index (κ2) is 8.18. The molecule has 6 heteroatoms. The molecule has 2 rings (SSSR count). The van der Waals surface area contributed by atoms with Crippen LogP contribution in [0.4, 0.5) is 0 Å². The monoisotopic (exact) mass is 366 g/mol. The van der Waals surface area contributed by atoms with Gasteiger partial charge in [0.1, 0.15) is 0 Å². The van der Waals surface area contributed by atoms with Crippen molar-refractivity contribution in [2.75, 3.05) is 0 Å². The van der Waals surface area contributed by atoms with Crippen LogP contribution in [0.1, 0.15) is 35.8 Å². The van der Waals surface area contributed by atoms with E-state index < -0.39 is 23.8 Å². The van der Waals surface area contributed by atoms with Crippen molar-refractivity contribution in [3.05, 3.63) is 69.7 Å². The molecule has 126 valence electrons. The fraction of sp³-hybridized carbons (Fsp3) is 0.222. The summed E-state index contributed by atoms with van der Waals surface area (Å²) in [5.41, 5.74) is 1.21. The first-order valence-electron chi connectivity index (χ1n) is 7.32. The van der Waals surface area contributed by atoms with Crippen molar-refractivity contribution in [3.63, 3.8) is 0 Å². The molecule has 0 radical (unpaired) electrons. The van der Waals surface area contributed by atoms with Gasteiger partial charge in [0.25, 0.3) is 0 Å². The van der Waals surface area contributed by atoms with Gasteiger partial charge >= 0.3 is 11.9 Å². The van der Waals surface area contributed by atoms with Gasteiger partial charge in [-0.2, -0.15) is 0 Å². The standard InChI is InChI=1S/C18H16Cl2O4/c19-15-7-3-1-5-11(15)13(9-17(21)22)14(10-18(23)24)12-6-2-4-8-16(12)20/h1-8,13-14H,9-10H2,(H,21,22)(H,23,24)/t13-,14-/m1/s1. The lowest BCUT2D eigenvalue weighted by Crippen LogP contribution is -2.19. The minimum atomic E-state index is -1.03. The smallest absolute Gasteiger partial charge is 0.303 e. The highest BCUT2D eigenvalue weighted by molar-refractivity contribution is 6.32. The van der Waals surface area contributed by atoms with E-state index in [2.05, 4.69) is 0 Å². The summed E-state index contributed by atoms with van der Waals surface area (Å²) in [7, 11) is 0. The summed E-state index contributed by atoms with van der Waals surface area (Å²) in [6, 6.07) is 13.8. The summed E-state index contributed by atoms with van der Waals surface area (Å²) in [5, 5.41) is 19.4. The van der Waals surface area contributed by atoms with Gasteiger partial charge in [0, 0.05) is 21.9 Å². The molecule has 2 aromatic rings. The van der Waals surface area contributed by atoms with Crippen LogP contribution < -0.4 is 0 Å². The van der Waals surface area contributed by atoms with Crippen LogP contribution in [0, 0.1) is 0 Å². The summed E-state index contributed by atoms with van der Waals surface area (Å²) in [4.78, 5) is 22.8. The Morgan fingerprint density at radius 1 is 0.750 bits per heavy atom. The third-order valence-corrected chi connectivity index (χ3v) is 4.57. The van der Waals surface area contributed by atoms with Gasteiger partial charge in [-0.05, 0) is 23.3 Å². The lowest BCUT2D eigenvalue weighted by Gasteiger charge is -2.27. The molecular formula is C18H16Cl2O4. The molecule has 2 atom stereocenters. The maximum atomic E-state index is 11.4. The van der Waals surface area contributed by atoms with E-state index in [-0.39, 0.29) is 12.8 Å². The van der Waals surface area contributed by atoms with E-state index in [1.54, 1.807) is 48.5 Å². The van der Waals surface area contributed by atoms with E-state index in [1.807, 2.05) is 0 Å². The number of hydrogen-bond donors (Lipinski definition) is 2. The number of carboxylic acid groups (broad SMARTS) is 2. The predicted molar refractivity (Wildman–Crippen MR) is 92.9 cm³/mol. The third kappa shape index (κ3) is 4.49. The molecular weight excluding hydrogens is 351 g/mol. The zero-order valence-electron chi connectivity index (χ0n) is 12.7. The van der Waals surface area contributed by atoms with Gasteiger partial charge in [0.2, 0.25) is 0 Å². The summed E-state index contributed by atoms with van der Waals surface area (Å²) in [6.45, 7) is 0. The van der Waals surface area contributed by atoms with Gasteiger partial charge in [-0.3, -0.25) is 9.59 Å². The highest BCUT2D eigenvalue weighted by Gasteiger charge is 2.31. The molecule has 4 nitrogen and oxygen atoms in total. The zero-order chi connectivity index (χ0) is 17.7. The number of aliphatic carboxylic acids is 2. The minimum Gasteiger partial charge on any atom is -0.481 e.